The Morgan fingerprint density at radius 3 is 2.83 bits per heavy atom. The van der Waals surface area contributed by atoms with Crippen LogP contribution in [0, 0.1) is 17.2 Å². The molecule has 0 saturated heterocycles. The minimum atomic E-state index is -2.81. The molecule has 4 rings (SSSR count). The van der Waals surface area contributed by atoms with Gasteiger partial charge in [-0.25, -0.2) is 9.97 Å². The smallest absolute Gasteiger partial charge is 0.345 e. The van der Waals surface area contributed by atoms with Gasteiger partial charge in [0.05, 0.1) is 11.7 Å². The van der Waals surface area contributed by atoms with Gasteiger partial charge in [0.2, 0.25) is 0 Å². The van der Waals surface area contributed by atoms with Gasteiger partial charge in [-0.15, -0.1) is 0 Å². The van der Waals surface area contributed by atoms with E-state index in [0.29, 0.717) is 24.3 Å². The first-order chi connectivity index (χ1) is 14.6. The van der Waals surface area contributed by atoms with E-state index in [0.717, 1.165) is 22.2 Å². The van der Waals surface area contributed by atoms with Crippen LogP contribution in [0.25, 0.3) is 11.0 Å². The number of rotatable bonds is 7. The summed E-state index contributed by atoms with van der Waals surface area (Å²) >= 11 is 0. The molecule has 30 heavy (non-hydrogen) atoms. The predicted octanol–water partition coefficient (Wildman–Crippen LogP) is 4.18. The summed E-state index contributed by atoms with van der Waals surface area (Å²) in [4.78, 5) is 11.8. The van der Waals surface area contributed by atoms with Crippen molar-refractivity contribution in [2.75, 3.05) is 11.9 Å². The summed E-state index contributed by atoms with van der Waals surface area (Å²) in [6.07, 6.45) is 12.2. The average Bonchev–Trinajstić information content (AvgIpc) is 3.15. The molecule has 0 aromatic carbocycles. The van der Waals surface area contributed by atoms with Gasteiger partial charge in [0.15, 0.2) is 0 Å². The molecule has 6 nitrogen and oxygen atoms in total. The highest BCUT2D eigenvalue weighted by molar-refractivity contribution is 5.81. The highest BCUT2D eigenvalue weighted by Gasteiger charge is 2.22. The van der Waals surface area contributed by atoms with Gasteiger partial charge in [0.25, 0.3) is 0 Å². The van der Waals surface area contributed by atoms with Crippen molar-refractivity contribution >= 4 is 16.9 Å². The molecule has 0 radical (unpaired) electrons. The summed E-state index contributed by atoms with van der Waals surface area (Å²) in [5.41, 5.74) is 3.29. The van der Waals surface area contributed by atoms with Crippen LogP contribution < -0.4 is 5.32 Å². The number of alkyl halides is 2. The summed E-state index contributed by atoms with van der Waals surface area (Å²) in [6.45, 7) is -2.38. The first kappa shape index (κ1) is 19.7. The molecule has 2 N–H and O–H groups in total. The van der Waals surface area contributed by atoms with Gasteiger partial charge in [-0.1, -0.05) is 30.4 Å². The molecule has 0 saturated carbocycles. The van der Waals surface area contributed by atoms with Crippen molar-refractivity contribution in [2.45, 2.75) is 19.1 Å². The largest absolute Gasteiger partial charge is 0.369 e. The standard InChI is InChI=1S/C22H19F2N5O/c23-22(24)30-19-4-2-1-3-16(19)12-27-20-6-5-14(10-26-20)7-17-13-29-21-18(17)8-15(9-25)11-28-21/h1-6,8,10-11,13,16,19,22H,7,12H2,(H,26,27)(H,28,29). The lowest BCUT2D eigenvalue weighted by Crippen LogP contribution is -2.29. The van der Waals surface area contributed by atoms with Crippen LogP contribution in [0.4, 0.5) is 14.6 Å². The van der Waals surface area contributed by atoms with Crippen molar-refractivity contribution in [1.82, 2.24) is 15.0 Å². The third-order valence-electron chi connectivity index (χ3n) is 4.94. The second kappa shape index (κ2) is 8.84. The number of halogens is 2. The van der Waals surface area contributed by atoms with Crippen LogP contribution in [-0.2, 0) is 11.2 Å². The normalized spacial score (nSPS) is 18.1. The SMILES string of the molecule is N#Cc1cnc2[nH]cc(Cc3ccc(NCC4C=CC=CC4OC(F)F)nc3)c2c1. The zero-order valence-electron chi connectivity index (χ0n) is 15.9. The Balaban J connectivity index is 1.39. The van der Waals surface area contributed by atoms with Crippen LogP contribution >= 0.6 is 0 Å². The van der Waals surface area contributed by atoms with E-state index in [9.17, 15) is 8.78 Å². The number of allylic oxidation sites excluding steroid dienone is 2. The maximum Gasteiger partial charge on any atom is 0.345 e. The molecular weight excluding hydrogens is 388 g/mol. The minimum absolute atomic E-state index is 0.210. The van der Waals surface area contributed by atoms with E-state index >= 15 is 0 Å². The molecule has 3 aromatic heterocycles. The number of nitrogens with one attached hydrogen (secondary N) is 2. The third kappa shape index (κ3) is 4.53. The molecule has 3 aromatic rings. The molecule has 152 valence electrons. The van der Waals surface area contributed by atoms with E-state index in [-0.39, 0.29) is 5.92 Å². The second-order valence-corrected chi connectivity index (χ2v) is 6.95. The fourth-order valence-electron chi connectivity index (χ4n) is 3.42. The number of hydrogen-bond donors (Lipinski definition) is 2. The first-order valence-corrected chi connectivity index (χ1v) is 9.46. The van der Waals surface area contributed by atoms with Gasteiger partial charge in [-0.2, -0.15) is 14.0 Å². The van der Waals surface area contributed by atoms with E-state index in [4.69, 9.17) is 5.26 Å². The summed E-state index contributed by atoms with van der Waals surface area (Å²) in [5.74, 6) is 0.448. The number of aromatic amines is 1. The number of ether oxygens (including phenoxy) is 1. The third-order valence-corrected chi connectivity index (χ3v) is 4.94. The lowest BCUT2D eigenvalue weighted by Gasteiger charge is -2.24. The zero-order valence-corrected chi connectivity index (χ0v) is 15.9. The zero-order chi connectivity index (χ0) is 20.9. The summed E-state index contributed by atoms with van der Waals surface area (Å²) in [6, 6.07) is 7.74. The Hall–Kier alpha value is -3.57. The molecule has 0 fully saturated rings. The number of nitriles is 1. The Morgan fingerprint density at radius 1 is 1.20 bits per heavy atom. The molecule has 1 aliphatic carbocycles. The predicted molar refractivity (Wildman–Crippen MR) is 109 cm³/mol. The van der Waals surface area contributed by atoms with Gasteiger partial charge in [-0.05, 0) is 23.3 Å². The van der Waals surface area contributed by atoms with Crippen LogP contribution in [0.5, 0.6) is 0 Å². The lowest BCUT2D eigenvalue weighted by atomic mass is 9.97. The van der Waals surface area contributed by atoms with Gasteiger partial charge in [0.1, 0.15) is 17.5 Å². The van der Waals surface area contributed by atoms with Crippen LogP contribution in [-0.4, -0.2) is 34.2 Å². The molecule has 3 heterocycles. The molecule has 0 bridgehead atoms. The van der Waals surface area contributed by atoms with Crippen molar-refractivity contribution in [3.8, 4) is 6.07 Å². The fourth-order valence-corrected chi connectivity index (χ4v) is 3.42. The van der Waals surface area contributed by atoms with Gasteiger partial charge in [-0.3, -0.25) is 0 Å². The van der Waals surface area contributed by atoms with E-state index < -0.39 is 12.7 Å². The first-order valence-electron chi connectivity index (χ1n) is 9.46. The van der Waals surface area contributed by atoms with Crippen LogP contribution in [0.15, 0.2) is 61.1 Å². The van der Waals surface area contributed by atoms with Crippen molar-refractivity contribution in [2.24, 2.45) is 5.92 Å². The highest BCUT2D eigenvalue weighted by Crippen LogP contribution is 2.22. The van der Waals surface area contributed by atoms with Crippen molar-refractivity contribution in [3.63, 3.8) is 0 Å². The molecule has 8 heteroatoms. The fraction of sp³-hybridized carbons (Fsp3) is 0.227. The monoisotopic (exact) mass is 407 g/mol. The number of aromatic nitrogens is 3. The molecule has 0 spiro atoms. The summed E-state index contributed by atoms with van der Waals surface area (Å²) in [5, 5.41) is 13.2. The van der Waals surface area contributed by atoms with E-state index in [2.05, 4.69) is 31.1 Å². The molecule has 0 amide bonds. The number of H-pyrrole nitrogens is 1. The molecule has 2 unspecified atom stereocenters. The molecule has 2 atom stereocenters. The summed E-state index contributed by atoms with van der Waals surface area (Å²) < 4.78 is 29.8. The van der Waals surface area contributed by atoms with Gasteiger partial charge >= 0.3 is 6.61 Å². The van der Waals surface area contributed by atoms with Crippen LogP contribution in [0.1, 0.15) is 16.7 Å². The minimum Gasteiger partial charge on any atom is -0.369 e. The number of anilines is 1. The van der Waals surface area contributed by atoms with E-state index in [1.807, 2.05) is 36.5 Å². The number of nitrogens with zero attached hydrogens (tertiary/aromatic N) is 3. The Bertz CT molecular complexity index is 1110. The maximum absolute atomic E-state index is 12.6. The Morgan fingerprint density at radius 2 is 2.07 bits per heavy atom. The molecule has 0 aliphatic heterocycles. The van der Waals surface area contributed by atoms with E-state index in [1.165, 1.54) is 0 Å². The lowest BCUT2D eigenvalue weighted by molar-refractivity contribution is -0.157. The second-order valence-electron chi connectivity index (χ2n) is 6.95. The quantitative estimate of drug-likeness (QED) is 0.614. The van der Waals surface area contributed by atoms with E-state index in [1.54, 1.807) is 24.5 Å². The average molecular weight is 407 g/mol. The van der Waals surface area contributed by atoms with Gasteiger partial charge in [0, 0.05) is 42.9 Å². The van der Waals surface area contributed by atoms with Crippen molar-refractivity contribution in [3.05, 3.63) is 77.8 Å². The molecule has 1 aliphatic rings. The maximum atomic E-state index is 12.6. The number of pyridine rings is 2. The number of hydrogen-bond acceptors (Lipinski definition) is 5. The number of fused-ring (bicyclic) bond motifs is 1. The van der Waals surface area contributed by atoms with Crippen molar-refractivity contribution in [1.29, 1.82) is 5.26 Å². The topological polar surface area (TPSA) is 86.6 Å². The Labute approximate surface area is 171 Å². The van der Waals surface area contributed by atoms with Crippen LogP contribution in [0.3, 0.4) is 0 Å². The Kier molecular flexibility index (Phi) is 5.82. The van der Waals surface area contributed by atoms with Crippen LogP contribution in [0.2, 0.25) is 0 Å². The highest BCUT2D eigenvalue weighted by atomic mass is 19.3. The molecular formula is C22H19F2N5O. The van der Waals surface area contributed by atoms with Crippen molar-refractivity contribution < 1.29 is 13.5 Å². The van der Waals surface area contributed by atoms with Gasteiger partial charge < -0.3 is 15.0 Å². The summed E-state index contributed by atoms with van der Waals surface area (Å²) in [7, 11) is 0.